The lowest BCUT2D eigenvalue weighted by Crippen LogP contribution is -2.20. The second-order valence-corrected chi connectivity index (χ2v) is 9.51. The molecule has 32 heavy (non-hydrogen) atoms. The minimum Gasteiger partial charge on any atom is -0.480 e. The molecular weight excluding hydrogens is 444 g/mol. The summed E-state index contributed by atoms with van der Waals surface area (Å²) in [5.41, 5.74) is 0.756. The van der Waals surface area contributed by atoms with Crippen molar-refractivity contribution in [1.29, 1.82) is 0 Å². The molecule has 0 aliphatic rings. The zero-order valence-corrected chi connectivity index (χ0v) is 20.5. The third-order valence-corrected chi connectivity index (χ3v) is 6.77. The Morgan fingerprint density at radius 1 is 1.03 bits per heavy atom. The van der Waals surface area contributed by atoms with E-state index in [0.717, 1.165) is 27.3 Å². The number of benzene rings is 1. The first-order chi connectivity index (χ1) is 15.5. The first-order valence-corrected chi connectivity index (χ1v) is 12.9. The van der Waals surface area contributed by atoms with Gasteiger partial charge in [0.15, 0.2) is 5.82 Å². The van der Waals surface area contributed by atoms with Crippen LogP contribution in [0.25, 0.3) is 0 Å². The Kier molecular flexibility index (Phi) is 12.4. The molecule has 0 saturated carbocycles. The standard InChI is InChI=1S/C23H34N4O3S2/c1-2-3-4-5-6-7-8-9-10-13-16-32-19-15-12-11-14-18(19)21(23(30)31)22-24-25-26-27(22)17-20(28)29/h11-12,14-15,21H,2-10,13,16-17H2,1H3,(H,28,29)(H,30,31). The molecule has 0 amide bonds. The summed E-state index contributed by atoms with van der Waals surface area (Å²) in [4.78, 5) is 24.5. The number of thioether (sulfide) groups is 1. The normalized spacial score (nSPS) is 12.1. The highest BCUT2D eigenvalue weighted by Gasteiger charge is 2.29. The molecule has 1 N–H and O–H groups in total. The first-order valence-electron chi connectivity index (χ1n) is 11.5. The van der Waals surface area contributed by atoms with Crippen LogP contribution in [-0.2, 0) is 16.1 Å². The summed E-state index contributed by atoms with van der Waals surface area (Å²) in [6, 6.07) is 7.63. The molecule has 0 spiro atoms. The van der Waals surface area contributed by atoms with Crippen LogP contribution >= 0.6 is 24.4 Å². The van der Waals surface area contributed by atoms with Crippen LogP contribution in [0.15, 0.2) is 29.2 Å². The molecular formula is C23H34N4O3S2. The van der Waals surface area contributed by atoms with Gasteiger partial charge in [0.25, 0.3) is 0 Å². The van der Waals surface area contributed by atoms with Crippen molar-refractivity contribution in [3.05, 3.63) is 35.7 Å². The molecule has 1 aromatic heterocycles. The maximum absolute atomic E-state index is 12.4. The molecule has 1 atom stereocenters. The number of carboxylic acid groups (broad SMARTS) is 1. The fourth-order valence-electron chi connectivity index (χ4n) is 3.66. The van der Waals surface area contributed by atoms with Gasteiger partial charge >= 0.3 is 5.97 Å². The molecule has 9 heteroatoms. The molecule has 1 aromatic carbocycles. The molecule has 2 rings (SSSR count). The smallest absolute Gasteiger partial charge is 0.325 e. The number of thiol groups is 1. The van der Waals surface area contributed by atoms with Crippen molar-refractivity contribution >= 4 is 35.5 Å². The van der Waals surface area contributed by atoms with Crippen LogP contribution < -0.4 is 0 Å². The monoisotopic (exact) mass is 478 g/mol. The Labute approximate surface area is 200 Å². The van der Waals surface area contributed by atoms with Crippen molar-refractivity contribution in [2.75, 3.05) is 5.75 Å². The van der Waals surface area contributed by atoms with Gasteiger partial charge in [-0.05, 0) is 34.2 Å². The predicted octanol–water partition coefficient (Wildman–Crippen LogP) is 5.36. The number of rotatable bonds is 17. The van der Waals surface area contributed by atoms with Gasteiger partial charge in [0.1, 0.15) is 12.5 Å². The summed E-state index contributed by atoms with van der Waals surface area (Å²) < 4.78 is 1.14. The lowest BCUT2D eigenvalue weighted by atomic mass is 9.99. The van der Waals surface area contributed by atoms with E-state index in [2.05, 4.69) is 35.1 Å². The van der Waals surface area contributed by atoms with E-state index >= 15 is 0 Å². The van der Waals surface area contributed by atoms with Crippen LogP contribution in [0.1, 0.15) is 88.4 Å². The number of unbranched alkanes of at least 4 members (excludes halogenated alkanes) is 9. The van der Waals surface area contributed by atoms with E-state index in [1.165, 1.54) is 57.8 Å². The molecule has 1 unspecified atom stereocenters. The first kappa shape index (κ1) is 26.4. The van der Waals surface area contributed by atoms with Gasteiger partial charge in [0.05, 0.1) is 0 Å². The Morgan fingerprint density at radius 3 is 2.28 bits per heavy atom. The van der Waals surface area contributed by atoms with Gasteiger partial charge in [-0.15, -0.1) is 29.5 Å². The lowest BCUT2D eigenvalue weighted by molar-refractivity contribution is -0.138. The van der Waals surface area contributed by atoms with Gasteiger partial charge in [0.2, 0.25) is 5.12 Å². The number of hydrogen-bond donors (Lipinski definition) is 2. The van der Waals surface area contributed by atoms with Crippen LogP contribution in [0.2, 0.25) is 0 Å². The maximum atomic E-state index is 12.4. The van der Waals surface area contributed by atoms with E-state index in [4.69, 9.17) is 5.11 Å². The van der Waals surface area contributed by atoms with Gasteiger partial charge in [-0.2, -0.15) is 0 Å². The molecule has 0 aliphatic carbocycles. The number of carbonyl (C=O) groups is 2. The van der Waals surface area contributed by atoms with Crippen molar-refractivity contribution < 1.29 is 14.7 Å². The molecule has 0 saturated heterocycles. The zero-order valence-electron chi connectivity index (χ0n) is 18.8. The summed E-state index contributed by atoms with van der Waals surface area (Å²) in [7, 11) is 0. The quantitative estimate of drug-likeness (QED) is 0.179. The number of aromatic nitrogens is 4. The Balaban J connectivity index is 1.88. The third-order valence-electron chi connectivity index (χ3n) is 5.34. The lowest BCUT2D eigenvalue weighted by Gasteiger charge is -2.16. The van der Waals surface area contributed by atoms with Crippen LogP contribution in [0.4, 0.5) is 0 Å². The highest BCUT2D eigenvalue weighted by Crippen LogP contribution is 2.34. The molecule has 0 fully saturated rings. The largest absolute Gasteiger partial charge is 0.480 e. The number of nitrogens with zero attached hydrogens (tertiary/aromatic N) is 4. The van der Waals surface area contributed by atoms with Crippen LogP contribution in [0.5, 0.6) is 0 Å². The Bertz CT molecular complexity index is 844. The van der Waals surface area contributed by atoms with E-state index in [0.29, 0.717) is 0 Å². The van der Waals surface area contributed by atoms with Gasteiger partial charge in [-0.1, -0.05) is 82.9 Å². The topological polar surface area (TPSA) is 98.0 Å². The van der Waals surface area contributed by atoms with Gasteiger partial charge in [-0.3, -0.25) is 9.59 Å². The van der Waals surface area contributed by atoms with E-state index in [9.17, 15) is 9.59 Å². The second-order valence-electron chi connectivity index (χ2n) is 7.93. The molecule has 1 heterocycles. The Hall–Kier alpha value is -1.87. The summed E-state index contributed by atoms with van der Waals surface area (Å²) >= 11 is 5.76. The van der Waals surface area contributed by atoms with Crippen molar-refractivity contribution in [1.82, 2.24) is 20.2 Å². The summed E-state index contributed by atoms with van der Waals surface area (Å²) in [5, 5.41) is 19.9. The predicted molar refractivity (Wildman–Crippen MR) is 130 cm³/mol. The number of carboxylic acids is 1. The fraction of sp³-hybridized carbons (Fsp3) is 0.609. The molecule has 2 aromatic rings. The average molecular weight is 479 g/mol. The molecule has 176 valence electrons. The highest BCUT2D eigenvalue weighted by molar-refractivity contribution is 7.99. The fourth-order valence-corrected chi connectivity index (χ4v) is 5.01. The third kappa shape index (κ3) is 8.94. The summed E-state index contributed by atoms with van der Waals surface area (Å²) in [5.74, 6) is -0.739. The second kappa shape index (κ2) is 15.1. The van der Waals surface area contributed by atoms with Gasteiger partial charge in [-0.25, -0.2) is 4.68 Å². The SMILES string of the molecule is CCCCCCCCCCCCSc1ccccc1C(C(=O)S)c1nnnn1CC(=O)O. The van der Waals surface area contributed by atoms with E-state index in [1.807, 2.05) is 24.3 Å². The van der Waals surface area contributed by atoms with Gasteiger partial charge < -0.3 is 5.11 Å². The summed E-state index contributed by atoms with van der Waals surface area (Å²) in [6.07, 6.45) is 12.9. The minimum absolute atomic E-state index is 0.194. The minimum atomic E-state index is -1.08. The van der Waals surface area contributed by atoms with E-state index < -0.39 is 23.5 Å². The van der Waals surface area contributed by atoms with Crippen LogP contribution in [-0.4, -0.2) is 42.2 Å². The van der Waals surface area contributed by atoms with E-state index in [1.54, 1.807) is 11.8 Å². The number of carbonyl (C=O) groups excluding carboxylic acids is 1. The van der Waals surface area contributed by atoms with Crippen molar-refractivity contribution in [2.24, 2.45) is 0 Å². The number of hydrogen-bond acceptors (Lipinski definition) is 6. The van der Waals surface area contributed by atoms with E-state index in [-0.39, 0.29) is 5.82 Å². The maximum Gasteiger partial charge on any atom is 0.325 e. The molecule has 0 radical (unpaired) electrons. The zero-order chi connectivity index (χ0) is 23.2. The van der Waals surface area contributed by atoms with Crippen molar-refractivity contribution in [2.45, 2.75) is 88.5 Å². The summed E-state index contributed by atoms with van der Waals surface area (Å²) in [6.45, 7) is 1.84. The van der Waals surface area contributed by atoms with Crippen molar-refractivity contribution in [3.63, 3.8) is 0 Å². The molecule has 7 nitrogen and oxygen atoms in total. The Morgan fingerprint density at radius 2 is 1.66 bits per heavy atom. The van der Waals surface area contributed by atoms with Crippen LogP contribution in [0, 0.1) is 0 Å². The molecule has 0 bridgehead atoms. The number of tetrazole rings is 1. The average Bonchev–Trinajstić information content (AvgIpc) is 3.19. The molecule has 0 aliphatic heterocycles. The highest BCUT2D eigenvalue weighted by atomic mass is 32.2. The van der Waals surface area contributed by atoms with Crippen molar-refractivity contribution in [3.8, 4) is 0 Å². The van der Waals surface area contributed by atoms with Gasteiger partial charge in [0, 0.05) is 4.90 Å². The van der Waals surface area contributed by atoms with Crippen LogP contribution in [0.3, 0.4) is 0 Å². The number of aliphatic carboxylic acids is 1.